The third-order valence-electron chi connectivity index (χ3n) is 3.73. The first-order valence-electron chi connectivity index (χ1n) is 8.10. The largest absolute Gasteiger partial charge is 0.761 e. The Bertz CT molecular complexity index is 1020. The lowest BCUT2D eigenvalue weighted by atomic mass is 10.2. The Morgan fingerprint density at radius 3 is 2.32 bits per heavy atom. The van der Waals surface area contributed by atoms with Crippen molar-refractivity contribution in [1.82, 2.24) is 0 Å². The molecule has 3 rings (SSSR count). The van der Waals surface area contributed by atoms with Gasteiger partial charge in [-0.2, -0.15) is 0 Å². The molecule has 8 nitrogen and oxygen atoms in total. The summed E-state index contributed by atoms with van der Waals surface area (Å²) in [6, 6.07) is 18.9. The van der Waals surface area contributed by atoms with Crippen molar-refractivity contribution in [2.24, 2.45) is 5.18 Å². The molecule has 1 amide bonds. The number of nitroso groups, excluding NO2 is 1. The van der Waals surface area contributed by atoms with Gasteiger partial charge in [0.15, 0.2) is 0 Å². The molecule has 9 heteroatoms. The van der Waals surface area contributed by atoms with Gasteiger partial charge in [0.1, 0.15) is 16.7 Å². The van der Waals surface area contributed by atoms with Crippen molar-refractivity contribution < 1.29 is 9.00 Å². The van der Waals surface area contributed by atoms with Crippen LogP contribution < -0.4 is 15.5 Å². The van der Waals surface area contributed by atoms with E-state index in [9.17, 15) is 19.1 Å². The molecule has 0 spiro atoms. The molecule has 0 aromatic heterocycles. The van der Waals surface area contributed by atoms with Crippen LogP contribution >= 0.6 is 0 Å². The van der Waals surface area contributed by atoms with Crippen LogP contribution in [0.4, 0.5) is 22.7 Å². The van der Waals surface area contributed by atoms with Gasteiger partial charge in [-0.1, -0.05) is 12.1 Å². The quantitative estimate of drug-likeness (QED) is 0.405. The predicted octanol–water partition coefficient (Wildman–Crippen LogP) is 4.38. The number of nitrogens with one attached hydrogen (secondary N) is 3. The van der Waals surface area contributed by atoms with E-state index in [1.54, 1.807) is 54.0 Å². The number of nitrogens with zero attached hydrogens (tertiary/aromatic N) is 1. The van der Waals surface area contributed by atoms with Gasteiger partial charge in [0, 0.05) is 22.6 Å². The van der Waals surface area contributed by atoms with E-state index < -0.39 is 11.0 Å². The number of benzene rings is 3. The minimum Gasteiger partial charge on any atom is -0.761 e. The van der Waals surface area contributed by atoms with Gasteiger partial charge < -0.3 is 20.7 Å². The zero-order valence-electron chi connectivity index (χ0n) is 14.4. The van der Waals surface area contributed by atoms with Crippen molar-refractivity contribution in [3.05, 3.63) is 88.5 Å². The maximum absolute atomic E-state index is 12.5. The van der Waals surface area contributed by atoms with Gasteiger partial charge in [-0.05, 0) is 65.8 Å². The second-order valence-corrected chi connectivity index (χ2v) is 6.89. The summed E-state index contributed by atoms with van der Waals surface area (Å²) in [5.74, 6) is -0.386. The normalized spacial score (nSPS) is 11.3. The molecule has 28 heavy (non-hydrogen) atoms. The van der Waals surface area contributed by atoms with E-state index in [4.69, 9.17) is 0 Å². The van der Waals surface area contributed by atoms with Crippen molar-refractivity contribution >= 4 is 39.6 Å². The van der Waals surface area contributed by atoms with Crippen LogP contribution in [0.25, 0.3) is 0 Å². The molecule has 3 aromatic carbocycles. The fourth-order valence-corrected chi connectivity index (χ4v) is 3.27. The highest BCUT2D eigenvalue weighted by Gasteiger charge is 2.10. The molecule has 0 aliphatic rings. The maximum atomic E-state index is 12.5. The first-order valence-corrected chi connectivity index (χ1v) is 9.25. The fourth-order valence-electron chi connectivity index (χ4n) is 2.37. The van der Waals surface area contributed by atoms with Crippen LogP contribution in [0.15, 0.2) is 82.9 Å². The zero-order chi connectivity index (χ0) is 19.9. The number of carbonyl (C=O) groups is 1. The highest BCUT2D eigenvalue weighted by atomic mass is 32.2. The summed E-state index contributed by atoms with van der Waals surface area (Å²) in [4.78, 5) is 23.3. The van der Waals surface area contributed by atoms with Crippen molar-refractivity contribution in [3.63, 3.8) is 0 Å². The van der Waals surface area contributed by atoms with Gasteiger partial charge in [0.05, 0.1) is 4.90 Å². The van der Waals surface area contributed by atoms with Gasteiger partial charge >= 0.3 is 0 Å². The van der Waals surface area contributed by atoms with Crippen LogP contribution in [0, 0.1) is 10.1 Å². The summed E-state index contributed by atoms with van der Waals surface area (Å²) < 4.78 is 15.3. The van der Waals surface area contributed by atoms with Crippen LogP contribution in [-0.4, -0.2) is 10.1 Å². The van der Waals surface area contributed by atoms with Crippen molar-refractivity contribution in [2.45, 2.75) is 4.90 Å². The lowest BCUT2D eigenvalue weighted by Crippen LogP contribution is -2.13. The molecule has 0 saturated heterocycles. The molecule has 0 saturated carbocycles. The summed E-state index contributed by atoms with van der Waals surface area (Å²) in [6.45, 7) is 0. The average Bonchev–Trinajstić information content (AvgIpc) is 2.74. The topological polar surface area (TPSA) is 123 Å². The van der Waals surface area contributed by atoms with Gasteiger partial charge in [0.2, 0.25) is 0 Å². The molecule has 1 unspecified atom stereocenters. The number of carbonyl (C=O) groups excluding carboxylic acids is 1. The fraction of sp³-hybridized carbons (Fsp3) is 0. The van der Waals surface area contributed by atoms with Crippen molar-refractivity contribution in [1.29, 1.82) is 0 Å². The van der Waals surface area contributed by atoms with E-state index in [2.05, 4.69) is 15.2 Å². The average molecular weight is 395 g/mol. The van der Waals surface area contributed by atoms with E-state index in [1.165, 1.54) is 24.3 Å². The summed E-state index contributed by atoms with van der Waals surface area (Å²) in [7, 11) is -1.63. The second kappa shape index (κ2) is 8.89. The number of anilines is 3. The SMILES string of the molecule is O=Nc1ccc(NC(=O)c2cccc(S(=O)Nc3cccc(N[O-])c3)c2)cc1. The molecule has 0 aliphatic carbocycles. The van der Waals surface area contributed by atoms with E-state index in [-0.39, 0.29) is 11.6 Å². The summed E-state index contributed by atoms with van der Waals surface area (Å²) in [5, 5.41) is 16.2. The molecule has 0 aliphatic heterocycles. The second-order valence-electron chi connectivity index (χ2n) is 5.67. The third kappa shape index (κ3) is 4.78. The van der Waals surface area contributed by atoms with E-state index in [0.29, 0.717) is 27.5 Å². The van der Waals surface area contributed by atoms with Crippen LogP contribution in [-0.2, 0) is 11.0 Å². The monoisotopic (exact) mass is 395 g/mol. The van der Waals surface area contributed by atoms with Gasteiger partial charge in [-0.25, -0.2) is 4.21 Å². The molecule has 0 radical (unpaired) electrons. The first kappa shape index (κ1) is 19.2. The molecular weight excluding hydrogens is 380 g/mol. The van der Waals surface area contributed by atoms with E-state index in [0.717, 1.165) is 0 Å². The standard InChI is InChI=1S/C19H15N4O4S/c24-19(20-14-7-9-15(21-25)10-8-14)13-3-1-6-18(11-13)28(27)23-17-5-2-4-16(12-17)22-26/h1-12,22-23H,(H,20,24)/q-1. The highest BCUT2D eigenvalue weighted by molar-refractivity contribution is 7.86. The third-order valence-corrected chi connectivity index (χ3v) is 4.84. The van der Waals surface area contributed by atoms with Gasteiger partial charge in [-0.3, -0.25) is 4.79 Å². The first-order chi connectivity index (χ1) is 13.6. The minimum atomic E-state index is -1.63. The molecule has 0 fully saturated rings. The predicted molar refractivity (Wildman–Crippen MR) is 110 cm³/mol. The Labute approximate surface area is 163 Å². The maximum Gasteiger partial charge on any atom is 0.255 e. The Morgan fingerprint density at radius 2 is 1.61 bits per heavy atom. The highest BCUT2D eigenvalue weighted by Crippen LogP contribution is 2.19. The summed E-state index contributed by atoms with van der Waals surface area (Å²) in [6.07, 6.45) is 0. The van der Waals surface area contributed by atoms with Crippen LogP contribution in [0.2, 0.25) is 0 Å². The van der Waals surface area contributed by atoms with Crippen LogP contribution in [0.5, 0.6) is 0 Å². The Balaban J connectivity index is 1.72. The lowest BCUT2D eigenvalue weighted by Gasteiger charge is -2.12. The summed E-state index contributed by atoms with van der Waals surface area (Å²) in [5.41, 5.74) is 3.69. The number of hydrogen-bond donors (Lipinski definition) is 3. The van der Waals surface area contributed by atoms with Crippen LogP contribution in [0.3, 0.4) is 0 Å². The molecule has 1 atom stereocenters. The Morgan fingerprint density at radius 1 is 0.893 bits per heavy atom. The van der Waals surface area contributed by atoms with E-state index in [1.807, 2.05) is 0 Å². The lowest BCUT2D eigenvalue weighted by molar-refractivity contribution is 0.102. The zero-order valence-corrected chi connectivity index (χ0v) is 15.2. The number of rotatable bonds is 7. The number of hydrogen-bond acceptors (Lipinski definition) is 6. The smallest absolute Gasteiger partial charge is 0.255 e. The van der Waals surface area contributed by atoms with Gasteiger partial charge in [0.25, 0.3) is 5.91 Å². The summed E-state index contributed by atoms with van der Waals surface area (Å²) >= 11 is 0. The van der Waals surface area contributed by atoms with E-state index >= 15 is 0 Å². The van der Waals surface area contributed by atoms with Crippen molar-refractivity contribution in [3.8, 4) is 0 Å². The molecule has 0 heterocycles. The molecule has 142 valence electrons. The Kier molecular flexibility index (Phi) is 6.10. The van der Waals surface area contributed by atoms with Crippen LogP contribution in [0.1, 0.15) is 10.4 Å². The minimum absolute atomic E-state index is 0.262. The molecule has 3 N–H and O–H groups in total. The van der Waals surface area contributed by atoms with Gasteiger partial charge in [-0.15, -0.1) is 4.91 Å². The molecule has 3 aromatic rings. The molecule has 0 bridgehead atoms. The van der Waals surface area contributed by atoms with Crippen molar-refractivity contribution in [2.75, 3.05) is 15.5 Å². The number of amides is 1. The Hall–Kier alpha value is -3.56. The molecular formula is C19H15N4O4S-.